The van der Waals surface area contributed by atoms with Gasteiger partial charge >= 0.3 is 0 Å². The predicted molar refractivity (Wildman–Crippen MR) is 86.3 cm³/mol. The van der Waals surface area contributed by atoms with E-state index < -0.39 is 0 Å². The highest BCUT2D eigenvalue weighted by Gasteiger charge is 2.30. The van der Waals surface area contributed by atoms with Crippen molar-refractivity contribution in [3.05, 3.63) is 37.2 Å². The maximum Gasteiger partial charge on any atom is 0.247 e. The highest BCUT2D eigenvalue weighted by molar-refractivity contribution is 5.80. The highest BCUT2D eigenvalue weighted by atomic mass is 16.2. The monoisotopic (exact) mass is 326 g/mol. The second-order valence-electron chi connectivity index (χ2n) is 5.91. The van der Waals surface area contributed by atoms with Gasteiger partial charge in [0.1, 0.15) is 24.5 Å². The molecule has 0 bridgehead atoms. The minimum absolute atomic E-state index is 0.0582. The summed E-state index contributed by atoms with van der Waals surface area (Å²) in [4.78, 5) is 22.5. The minimum atomic E-state index is -0.341. The van der Waals surface area contributed by atoms with Gasteiger partial charge in [0.2, 0.25) is 5.91 Å². The zero-order valence-electron chi connectivity index (χ0n) is 13.3. The van der Waals surface area contributed by atoms with E-state index in [-0.39, 0.29) is 18.0 Å². The van der Waals surface area contributed by atoms with E-state index in [1.807, 2.05) is 30.2 Å². The minimum Gasteiger partial charge on any atom is -0.364 e. The molecule has 0 radical (unpaired) electrons. The Morgan fingerprint density at radius 2 is 2.33 bits per heavy atom. The first kappa shape index (κ1) is 14.6. The molecule has 1 aliphatic rings. The molecule has 124 valence electrons. The lowest BCUT2D eigenvalue weighted by Crippen LogP contribution is -2.36. The van der Waals surface area contributed by atoms with Gasteiger partial charge in [-0.05, 0) is 25.5 Å². The third kappa shape index (κ3) is 2.68. The summed E-state index contributed by atoms with van der Waals surface area (Å²) in [6.45, 7) is 3.22. The third-order valence-electron chi connectivity index (χ3n) is 4.30. The SMILES string of the molecule is C[C@@H](C(=O)N1CC[C@@H](Nc2ccc3nccn3n2)C1)n1cncn1. The quantitative estimate of drug-likeness (QED) is 0.754. The van der Waals surface area contributed by atoms with E-state index in [1.165, 1.54) is 6.33 Å². The second-order valence-corrected chi connectivity index (χ2v) is 5.91. The summed E-state index contributed by atoms with van der Waals surface area (Å²) >= 11 is 0. The van der Waals surface area contributed by atoms with Crippen LogP contribution in [0.4, 0.5) is 5.82 Å². The first-order valence-corrected chi connectivity index (χ1v) is 7.90. The molecule has 4 rings (SSSR count). The molecule has 3 aromatic heterocycles. The van der Waals surface area contributed by atoms with E-state index in [0.29, 0.717) is 6.54 Å². The molecule has 2 atom stereocenters. The Balaban J connectivity index is 1.40. The standard InChI is InChI=1S/C15H18N8O/c1-11(23-10-16-9-18-23)15(24)21-6-4-12(8-21)19-13-2-3-14-17-5-7-22(14)20-13/h2-3,5,7,9-12H,4,6,8H2,1H3,(H,19,20)/t11-,12+/m0/s1. The Labute approximate surface area is 138 Å². The number of nitrogens with one attached hydrogen (secondary N) is 1. The van der Waals surface area contributed by atoms with Crippen LogP contribution < -0.4 is 5.32 Å². The number of rotatable bonds is 4. The number of fused-ring (bicyclic) bond motifs is 1. The Morgan fingerprint density at radius 1 is 1.42 bits per heavy atom. The van der Waals surface area contributed by atoms with Crippen LogP contribution >= 0.6 is 0 Å². The van der Waals surface area contributed by atoms with Crippen LogP contribution in [0.15, 0.2) is 37.2 Å². The van der Waals surface area contributed by atoms with Crippen LogP contribution in [0.25, 0.3) is 5.65 Å². The molecular formula is C15H18N8O. The van der Waals surface area contributed by atoms with Crippen LogP contribution in [0.1, 0.15) is 19.4 Å². The van der Waals surface area contributed by atoms with Crippen LogP contribution in [-0.4, -0.2) is 59.3 Å². The number of amides is 1. The van der Waals surface area contributed by atoms with Crippen LogP contribution in [0.3, 0.4) is 0 Å². The fourth-order valence-corrected chi connectivity index (χ4v) is 2.97. The molecule has 1 fully saturated rings. The second kappa shape index (κ2) is 5.91. The maximum atomic E-state index is 12.6. The fraction of sp³-hybridized carbons (Fsp3) is 0.400. The fourth-order valence-electron chi connectivity index (χ4n) is 2.97. The van der Waals surface area contributed by atoms with Crippen molar-refractivity contribution < 1.29 is 4.79 Å². The van der Waals surface area contributed by atoms with Gasteiger partial charge in [-0.3, -0.25) is 4.79 Å². The molecule has 24 heavy (non-hydrogen) atoms. The average Bonchev–Trinajstić information content (AvgIpc) is 3.34. The van der Waals surface area contributed by atoms with Crippen LogP contribution in [0, 0.1) is 0 Å². The number of anilines is 1. The smallest absolute Gasteiger partial charge is 0.247 e. The van der Waals surface area contributed by atoms with Crippen molar-refractivity contribution in [1.29, 1.82) is 0 Å². The van der Waals surface area contributed by atoms with Gasteiger partial charge in [-0.2, -0.15) is 5.10 Å². The highest BCUT2D eigenvalue weighted by Crippen LogP contribution is 2.18. The van der Waals surface area contributed by atoms with Gasteiger partial charge in [-0.25, -0.2) is 19.2 Å². The van der Waals surface area contributed by atoms with Crippen molar-refractivity contribution in [3.8, 4) is 0 Å². The zero-order chi connectivity index (χ0) is 16.5. The normalized spacial score (nSPS) is 18.9. The molecule has 0 unspecified atom stereocenters. The molecule has 0 spiro atoms. The number of likely N-dealkylation sites (tertiary alicyclic amines) is 1. The molecule has 1 N–H and O–H groups in total. The molecule has 9 nitrogen and oxygen atoms in total. The molecule has 3 aromatic rings. The lowest BCUT2D eigenvalue weighted by atomic mass is 10.2. The number of carbonyl (C=O) groups excluding carboxylic acids is 1. The summed E-state index contributed by atoms with van der Waals surface area (Å²) in [7, 11) is 0. The molecule has 9 heteroatoms. The Hall–Kier alpha value is -2.97. The van der Waals surface area contributed by atoms with Gasteiger partial charge in [0, 0.05) is 31.5 Å². The van der Waals surface area contributed by atoms with Crippen molar-refractivity contribution in [3.63, 3.8) is 0 Å². The summed E-state index contributed by atoms with van der Waals surface area (Å²) in [5.74, 6) is 0.840. The van der Waals surface area contributed by atoms with Crippen molar-refractivity contribution in [2.75, 3.05) is 18.4 Å². The average molecular weight is 326 g/mol. The number of carbonyl (C=O) groups is 1. The lowest BCUT2D eigenvalue weighted by Gasteiger charge is -2.21. The van der Waals surface area contributed by atoms with Crippen LogP contribution in [0.5, 0.6) is 0 Å². The van der Waals surface area contributed by atoms with Crippen molar-refractivity contribution >= 4 is 17.4 Å². The van der Waals surface area contributed by atoms with Crippen LogP contribution in [-0.2, 0) is 4.79 Å². The van der Waals surface area contributed by atoms with E-state index in [9.17, 15) is 4.79 Å². The molecular weight excluding hydrogens is 308 g/mol. The lowest BCUT2D eigenvalue weighted by molar-refractivity contribution is -0.133. The van der Waals surface area contributed by atoms with Crippen molar-refractivity contribution in [2.24, 2.45) is 0 Å². The third-order valence-corrected chi connectivity index (χ3v) is 4.30. The van der Waals surface area contributed by atoms with E-state index in [2.05, 4.69) is 25.5 Å². The zero-order valence-corrected chi connectivity index (χ0v) is 13.3. The Bertz CT molecular complexity index is 842. The molecule has 1 aliphatic heterocycles. The Kier molecular flexibility index (Phi) is 3.60. The molecule has 0 saturated carbocycles. The van der Waals surface area contributed by atoms with E-state index in [1.54, 1.807) is 21.7 Å². The number of nitrogens with zero attached hydrogens (tertiary/aromatic N) is 7. The van der Waals surface area contributed by atoms with Gasteiger partial charge in [0.25, 0.3) is 0 Å². The van der Waals surface area contributed by atoms with Gasteiger partial charge in [-0.1, -0.05) is 0 Å². The van der Waals surface area contributed by atoms with Gasteiger partial charge in [0.05, 0.1) is 0 Å². The van der Waals surface area contributed by atoms with E-state index in [0.717, 1.165) is 24.4 Å². The van der Waals surface area contributed by atoms with E-state index >= 15 is 0 Å². The molecule has 0 aliphatic carbocycles. The number of aromatic nitrogens is 6. The molecule has 0 aromatic carbocycles. The summed E-state index contributed by atoms with van der Waals surface area (Å²) in [5.41, 5.74) is 0.811. The van der Waals surface area contributed by atoms with Gasteiger partial charge < -0.3 is 10.2 Å². The molecule has 4 heterocycles. The van der Waals surface area contributed by atoms with Gasteiger partial charge in [0.15, 0.2) is 5.65 Å². The van der Waals surface area contributed by atoms with Crippen molar-refractivity contribution in [1.82, 2.24) is 34.3 Å². The summed E-state index contributed by atoms with van der Waals surface area (Å²) < 4.78 is 3.31. The van der Waals surface area contributed by atoms with Crippen LogP contribution in [0.2, 0.25) is 0 Å². The summed E-state index contributed by atoms with van der Waals surface area (Å²) in [6, 6.07) is 3.67. The van der Waals surface area contributed by atoms with E-state index in [4.69, 9.17) is 0 Å². The summed E-state index contributed by atoms with van der Waals surface area (Å²) in [5, 5.41) is 11.9. The molecule has 1 saturated heterocycles. The largest absolute Gasteiger partial charge is 0.364 e. The Morgan fingerprint density at radius 3 is 3.17 bits per heavy atom. The predicted octanol–water partition coefficient (Wildman–Crippen LogP) is 0.595. The molecule has 1 amide bonds. The van der Waals surface area contributed by atoms with Gasteiger partial charge in [-0.15, -0.1) is 5.10 Å². The number of imidazole rings is 1. The summed E-state index contributed by atoms with van der Waals surface area (Å²) in [6.07, 6.45) is 7.42. The first-order valence-electron chi connectivity index (χ1n) is 7.90. The first-order chi connectivity index (χ1) is 11.7. The van der Waals surface area contributed by atoms with Crippen molar-refractivity contribution in [2.45, 2.75) is 25.4 Å². The number of hydrogen-bond acceptors (Lipinski definition) is 6. The maximum absolute atomic E-state index is 12.6. The topological polar surface area (TPSA) is 93.2 Å². The number of hydrogen-bond donors (Lipinski definition) is 1.